The zero-order valence-electron chi connectivity index (χ0n) is 51.2. The lowest BCUT2D eigenvalue weighted by Crippen LogP contribution is -2.66. The second-order valence-corrected chi connectivity index (χ2v) is 23.9. The van der Waals surface area contributed by atoms with Gasteiger partial charge in [-0.3, -0.25) is 4.79 Å². The van der Waals surface area contributed by atoms with E-state index < -0.39 is 124 Å². The molecule has 0 aliphatic carbocycles. The monoisotopic (exact) mass is 1190 g/mol. The molecule has 0 aromatic carbocycles. The lowest BCUT2D eigenvalue weighted by atomic mass is 9.96. The van der Waals surface area contributed by atoms with Crippen molar-refractivity contribution in [3.8, 4) is 0 Å². The van der Waals surface area contributed by atoms with Gasteiger partial charge in [0.2, 0.25) is 5.91 Å². The van der Waals surface area contributed by atoms with E-state index in [2.05, 4.69) is 31.3 Å². The summed E-state index contributed by atoms with van der Waals surface area (Å²) in [6.07, 6.45) is 24.4. The summed E-state index contributed by atoms with van der Waals surface area (Å²) in [6.45, 7) is 1.73. The Morgan fingerprint density at radius 1 is 0.422 bits per heavy atom. The number of unbranched alkanes of at least 4 members (excludes halogenated alkanes) is 32. The highest BCUT2D eigenvalue weighted by atomic mass is 16.8. The molecule has 17 unspecified atom stereocenters. The van der Waals surface area contributed by atoms with Crippen LogP contribution in [0.5, 0.6) is 0 Å². The summed E-state index contributed by atoms with van der Waals surface area (Å²) in [5, 5.41) is 120. The fourth-order valence-electron chi connectivity index (χ4n) is 11.3. The molecule has 0 aromatic rings. The zero-order chi connectivity index (χ0) is 60.5. The topological polar surface area (TPSA) is 307 Å². The number of nitrogens with one attached hydrogen (secondary N) is 1. The molecule has 3 rings (SSSR count). The maximum absolute atomic E-state index is 13.4. The standard InChI is InChI=1S/C64H119NO18/c1-3-5-7-9-11-13-15-17-19-21-23-24-26-28-30-32-34-36-38-40-42-52(70)65-47(48(69)41-39-37-35-33-31-29-27-25-22-20-18-16-14-12-10-8-6-4-2)46-78-62-58(76)55(73)60(50(44-67)80-62)83-64-59(77)56(74)61(51(45-68)81-64)82-63-57(75)54(72)53(71)49(43-66)79-63/h31,33,39,41,47-51,53-64,66-69,71-77H,3-30,32,34-38,40,42-46H2,1-2H3,(H,65,70)/b33-31+,41-39+. The van der Waals surface area contributed by atoms with Gasteiger partial charge in [0, 0.05) is 6.42 Å². The third kappa shape index (κ3) is 30.4. The first-order valence-electron chi connectivity index (χ1n) is 33.1. The first-order valence-corrected chi connectivity index (χ1v) is 33.1. The van der Waals surface area contributed by atoms with Gasteiger partial charge in [0.15, 0.2) is 18.9 Å². The minimum atomic E-state index is -1.98. The molecule has 1 amide bonds. The fraction of sp³-hybridized carbons (Fsp3) is 0.922. The molecule has 17 atom stereocenters. The predicted octanol–water partition coefficient (Wildman–Crippen LogP) is 7.49. The molecule has 0 aromatic heterocycles. The van der Waals surface area contributed by atoms with Gasteiger partial charge in [0.1, 0.15) is 73.2 Å². The van der Waals surface area contributed by atoms with Crippen molar-refractivity contribution in [1.29, 1.82) is 0 Å². The largest absolute Gasteiger partial charge is 0.394 e. The van der Waals surface area contributed by atoms with Crippen LogP contribution in [0.15, 0.2) is 24.3 Å². The van der Waals surface area contributed by atoms with Crippen molar-refractivity contribution in [3.05, 3.63) is 24.3 Å². The third-order valence-corrected chi connectivity index (χ3v) is 16.8. The van der Waals surface area contributed by atoms with Gasteiger partial charge in [0.05, 0.1) is 38.6 Å². The van der Waals surface area contributed by atoms with Crippen LogP contribution in [0.4, 0.5) is 0 Å². The highest BCUT2D eigenvalue weighted by molar-refractivity contribution is 5.76. The summed E-state index contributed by atoms with van der Waals surface area (Å²) >= 11 is 0. The quantitative estimate of drug-likeness (QED) is 0.0207. The number of aliphatic hydroxyl groups is 11. The Morgan fingerprint density at radius 3 is 1.20 bits per heavy atom. The second kappa shape index (κ2) is 47.3. The summed E-state index contributed by atoms with van der Waals surface area (Å²) in [5.74, 6) is -0.281. The normalized spacial score (nSPS) is 29.5. The van der Waals surface area contributed by atoms with Crippen molar-refractivity contribution in [3.63, 3.8) is 0 Å². The average molecular weight is 1190 g/mol. The fourth-order valence-corrected chi connectivity index (χ4v) is 11.3. The first kappa shape index (κ1) is 75.5. The second-order valence-electron chi connectivity index (χ2n) is 23.9. The van der Waals surface area contributed by atoms with Crippen molar-refractivity contribution < 1.29 is 89.4 Å². The molecule has 12 N–H and O–H groups in total. The van der Waals surface area contributed by atoms with Crippen LogP contribution in [-0.2, 0) is 33.2 Å². The number of hydrogen-bond acceptors (Lipinski definition) is 18. The Labute approximate surface area is 498 Å². The summed E-state index contributed by atoms with van der Waals surface area (Å²) in [5.41, 5.74) is 0. The molecule has 3 heterocycles. The van der Waals surface area contributed by atoms with Crippen LogP contribution in [0.25, 0.3) is 0 Å². The van der Waals surface area contributed by atoms with Crippen LogP contribution in [0.1, 0.15) is 245 Å². The van der Waals surface area contributed by atoms with E-state index in [1.165, 1.54) is 173 Å². The smallest absolute Gasteiger partial charge is 0.220 e. The van der Waals surface area contributed by atoms with Crippen molar-refractivity contribution in [2.24, 2.45) is 0 Å². The van der Waals surface area contributed by atoms with Gasteiger partial charge in [-0.25, -0.2) is 0 Å². The first-order chi connectivity index (χ1) is 40.3. The molecule has 3 saturated heterocycles. The molecule has 488 valence electrons. The van der Waals surface area contributed by atoms with E-state index in [1.54, 1.807) is 6.08 Å². The summed E-state index contributed by atoms with van der Waals surface area (Å²) < 4.78 is 34.3. The molecule has 3 fully saturated rings. The van der Waals surface area contributed by atoms with E-state index in [-0.39, 0.29) is 18.9 Å². The predicted molar refractivity (Wildman–Crippen MR) is 319 cm³/mol. The Kier molecular flexibility index (Phi) is 43.0. The molecule has 3 aliphatic rings. The molecule has 19 nitrogen and oxygen atoms in total. The Balaban J connectivity index is 1.48. The lowest BCUT2D eigenvalue weighted by Gasteiger charge is -2.48. The number of aliphatic hydroxyl groups excluding tert-OH is 11. The van der Waals surface area contributed by atoms with Gasteiger partial charge in [0.25, 0.3) is 0 Å². The highest BCUT2D eigenvalue weighted by Gasteiger charge is 2.53. The summed E-state index contributed by atoms with van der Waals surface area (Å²) in [4.78, 5) is 13.4. The minimum absolute atomic E-state index is 0.240. The number of hydrogen-bond donors (Lipinski definition) is 12. The van der Waals surface area contributed by atoms with Gasteiger partial charge < -0.3 is 89.9 Å². The Bertz CT molecular complexity index is 1610. The molecule has 0 saturated carbocycles. The van der Waals surface area contributed by atoms with Crippen molar-refractivity contribution in [2.45, 2.75) is 349 Å². The average Bonchev–Trinajstić information content (AvgIpc) is 3.18. The highest BCUT2D eigenvalue weighted by Crippen LogP contribution is 2.33. The number of allylic oxidation sites excluding steroid dienone is 3. The maximum Gasteiger partial charge on any atom is 0.220 e. The van der Waals surface area contributed by atoms with Gasteiger partial charge in [-0.2, -0.15) is 0 Å². The Morgan fingerprint density at radius 2 is 0.771 bits per heavy atom. The molecular weight excluding hydrogens is 1070 g/mol. The van der Waals surface area contributed by atoms with Crippen molar-refractivity contribution in [2.75, 3.05) is 26.4 Å². The van der Waals surface area contributed by atoms with Crippen LogP contribution in [0, 0.1) is 0 Å². The van der Waals surface area contributed by atoms with E-state index in [9.17, 15) is 61.0 Å². The molecule has 19 heteroatoms. The van der Waals surface area contributed by atoms with Crippen LogP contribution in [0.3, 0.4) is 0 Å². The minimum Gasteiger partial charge on any atom is -0.394 e. The number of amides is 1. The third-order valence-electron chi connectivity index (χ3n) is 16.8. The number of carbonyl (C=O) groups is 1. The summed E-state index contributed by atoms with van der Waals surface area (Å²) in [6, 6.07) is -0.986. The number of carbonyl (C=O) groups excluding carboxylic acids is 1. The van der Waals surface area contributed by atoms with Crippen LogP contribution < -0.4 is 5.32 Å². The van der Waals surface area contributed by atoms with E-state index in [0.29, 0.717) is 12.8 Å². The summed E-state index contributed by atoms with van der Waals surface area (Å²) in [7, 11) is 0. The number of rotatable bonds is 50. The number of ether oxygens (including phenoxy) is 6. The van der Waals surface area contributed by atoms with E-state index in [4.69, 9.17) is 28.4 Å². The molecule has 0 bridgehead atoms. The lowest BCUT2D eigenvalue weighted by molar-refractivity contribution is -0.379. The van der Waals surface area contributed by atoms with Crippen LogP contribution in [0.2, 0.25) is 0 Å². The maximum atomic E-state index is 13.4. The van der Waals surface area contributed by atoms with Gasteiger partial charge in [-0.15, -0.1) is 0 Å². The van der Waals surface area contributed by atoms with Gasteiger partial charge >= 0.3 is 0 Å². The van der Waals surface area contributed by atoms with Gasteiger partial charge in [-0.05, 0) is 32.1 Å². The van der Waals surface area contributed by atoms with E-state index in [0.717, 1.165) is 38.5 Å². The Hall–Kier alpha value is -1.73. The van der Waals surface area contributed by atoms with Gasteiger partial charge in [-0.1, -0.05) is 231 Å². The molecule has 0 radical (unpaired) electrons. The van der Waals surface area contributed by atoms with E-state index in [1.807, 2.05) is 6.08 Å². The van der Waals surface area contributed by atoms with E-state index >= 15 is 0 Å². The molecule has 3 aliphatic heterocycles. The molecular formula is C64H119NO18. The zero-order valence-corrected chi connectivity index (χ0v) is 51.2. The molecule has 83 heavy (non-hydrogen) atoms. The van der Waals surface area contributed by atoms with Crippen LogP contribution >= 0.6 is 0 Å². The molecule has 0 spiro atoms. The van der Waals surface area contributed by atoms with Crippen LogP contribution in [-0.4, -0.2) is 193 Å². The SMILES string of the molecule is CCCCCCCCCCCCCC/C=C/CC/C=C/C(O)C(COC1OC(CO)C(OC2OC(CO)C(OC3OC(CO)C(O)C(O)C3O)C(O)C2O)C(O)C1O)NC(=O)CCCCCCCCCCCCCCCCCCCCCC. The van der Waals surface area contributed by atoms with Crippen molar-refractivity contribution >= 4 is 5.91 Å². The van der Waals surface area contributed by atoms with Crippen molar-refractivity contribution in [1.82, 2.24) is 5.32 Å².